The van der Waals surface area contributed by atoms with E-state index >= 15 is 0 Å². The molecule has 2 aromatic rings. The van der Waals surface area contributed by atoms with Crippen LogP contribution in [0.25, 0.3) is 10.9 Å². The average Bonchev–Trinajstić information content (AvgIpc) is 2.97. The van der Waals surface area contributed by atoms with Gasteiger partial charge in [0, 0.05) is 23.6 Å². The Hall–Kier alpha value is -2.34. The van der Waals surface area contributed by atoms with Gasteiger partial charge in [0.2, 0.25) is 5.91 Å². The first kappa shape index (κ1) is 18.0. The van der Waals surface area contributed by atoms with Gasteiger partial charge in [0.25, 0.3) is 0 Å². The molecule has 24 heavy (non-hydrogen) atoms. The number of carbonyl (C=O) groups is 2. The van der Waals surface area contributed by atoms with Gasteiger partial charge in [-0.1, -0.05) is 18.2 Å². The van der Waals surface area contributed by atoms with E-state index < -0.39 is 6.04 Å². The highest BCUT2D eigenvalue weighted by molar-refractivity contribution is 5.84. The number of hydrogen-bond donors (Lipinski definition) is 2. The highest BCUT2D eigenvalue weighted by Gasteiger charge is 2.20. The van der Waals surface area contributed by atoms with E-state index in [1.807, 2.05) is 24.4 Å². The molecular formula is C18H25N3O3. The molecule has 0 aliphatic carbocycles. The van der Waals surface area contributed by atoms with Crippen molar-refractivity contribution in [1.29, 1.82) is 0 Å². The second-order valence-corrected chi connectivity index (χ2v) is 5.80. The number of carbonyl (C=O) groups excluding carboxylic acids is 2. The van der Waals surface area contributed by atoms with E-state index in [1.54, 1.807) is 25.8 Å². The zero-order valence-electron chi connectivity index (χ0n) is 14.5. The van der Waals surface area contributed by atoms with Crippen LogP contribution in [0, 0.1) is 0 Å². The smallest absolute Gasteiger partial charge is 0.320 e. The first-order chi connectivity index (χ1) is 11.5. The number of nitrogens with zero attached hydrogens (tertiary/aromatic N) is 1. The number of likely N-dealkylation sites (N-methyl/N-ethyl adjacent to an activating group) is 1. The van der Waals surface area contributed by atoms with Gasteiger partial charge in [0.15, 0.2) is 0 Å². The molecule has 0 saturated carbocycles. The van der Waals surface area contributed by atoms with Gasteiger partial charge in [-0.05, 0) is 38.9 Å². The standard InChI is InChI=1S/C18H25N3O3/c1-4-24-17(22)12-21(3)13(2)18(23)19-10-9-14-11-20-16-8-6-5-7-15(14)16/h5-8,11,13,20H,4,9-10,12H2,1-3H3,(H,19,23). The van der Waals surface area contributed by atoms with Crippen molar-refractivity contribution in [3.8, 4) is 0 Å². The summed E-state index contributed by atoms with van der Waals surface area (Å²) in [5, 5.41) is 4.10. The van der Waals surface area contributed by atoms with Crippen molar-refractivity contribution < 1.29 is 14.3 Å². The molecule has 0 saturated heterocycles. The number of fused-ring (bicyclic) bond motifs is 1. The number of ether oxygens (including phenoxy) is 1. The summed E-state index contributed by atoms with van der Waals surface area (Å²) in [5.74, 6) is -0.417. The number of rotatable bonds is 8. The lowest BCUT2D eigenvalue weighted by Crippen LogP contribution is -2.45. The molecule has 2 rings (SSSR count). The Morgan fingerprint density at radius 2 is 2.08 bits per heavy atom. The van der Waals surface area contributed by atoms with Crippen LogP contribution in [0.4, 0.5) is 0 Å². The number of esters is 1. The van der Waals surface area contributed by atoms with E-state index in [9.17, 15) is 9.59 Å². The van der Waals surface area contributed by atoms with Crippen LogP contribution in [0.5, 0.6) is 0 Å². The van der Waals surface area contributed by atoms with Crippen molar-refractivity contribution >= 4 is 22.8 Å². The Bertz CT molecular complexity index is 696. The van der Waals surface area contributed by atoms with Crippen LogP contribution in [0.3, 0.4) is 0 Å². The van der Waals surface area contributed by atoms with Crippen LogP contribution in [-0.2, 0) is 20.7 Å². The van der Waals surface area contributed by atoms with Crippen LogP contribution in [0.1, 0.15) is 19.4 Å². The molecule has 0 fully saturated rings. The molecular weight excluding hydrogens is 306 g/mol. The Balaban J connectivity index is 1.81. The highest BCUT2D eigenvalue weighted by atomic mass is 16.5. The molecule has 0 spiro atoms. The normalized spacial score (nSPS) is 12.3. The molecule has 0 aliphatic rings. The molecule has 1 atom stereocenters. The maximum atomic E-state index is 12.2. The molecule has 1 heterocycles. The summed E-state index contributed by atoms with van der Waals surface area (Å²) in [4.78, 5) is 28.6. The molecule has 1 amide bonds. The number of para-hydroxylation sites is 1. The van der Waals surface area contributed by atoms with Crippen molar-refractivity contribution in [2.45, 2.75) is 26.3 Å². The SMILES string of the molecule is CCOC(=O)CN(C)C(C)C(=O)NCCc1c[nH]c2ccccc12. The predicted octanol–water partition coefficient (Wildman–Crippen LogP) is 1.71. The van der Waals surface area contributed by atoms with Crippen molar-refractivity contribution in [3.05, 3.63) is 36.0 Å². The fourth-order valence-electron chi connectivity index (χ4n) is 2.55. The summed E-state index contributed by atoms with van der Waals surface area (Å²) in [6.45, 7) is 4.54. The third-order valence-corrected chi connectivity index (χ3v) is 4.09. The lowest BCUT2D eigenvalue weighted by Gasteiger charge is -2.22. The molecule has 130 valence electrons. The Labute approximate surface area is 142 Å². The summed E-state index contributed by atoms with van der Waals surface area (Å²) >= 11 is 0. The average molecular weight is 331 g/mol. The largest absolute Gasteiger partial charge is 0.465 e. The van der Waals surface area contributed by atoms with Crippen LogP contribution >= 0.6 is 0 Å². The van der Waals surface area contributed by atoms with Gasteiger partial charge in [-0.25, -0.2) is 0 Å². The maximum Gasteiger partial charge on any atom is 0.320 e. The Morgan fingerprint density at radius 3 is 2.83 bits per heavy atom. The third-order valence-electron chi connectivity index (χ3n) is 4.09. The highest BCUT2D eigenvalue weighted by Crippen LogP contribution is 2.17. The number of aromatic amines is 1. The molecule has 1 unspecified atom stereocenters. The van der Waals surface area contributed by atoms with Gasteiger partial charge in [0.05, 0.1) is 19.2 Å². The fraction of sp³-hybridized carbons (Fsp3) is 0.444. The van der Waals surface area contributed by atoms with Crippen molar-refractivity contribution in [2.75, 3.05) is 26.7 Å². The van der Waals surface area contributed by atoms with Gasteiger partial charge in [-0.3, -0.25) is 14.5 Å². The lowest BCUT2D eigenvalue weighted by molar-refractivity contribution is -0.145. The molecule has 2 N–H and O–H groups in total. The van der Waals surface area contributed by atoms with Gasteiger partial charge in [0.1, 0.15) is 0 Å². The van der Waals surface area contributed by atoms with E-state index in [2.05, 4.69) is 16.4 Å². The minimum atomic E-state index is -0.391. The number of aromatic nitrogens is 1. The van der Waals surface area contributed by atoms with Crippen molar-refractivity contribution in [1.82, 2.24) is 15.2 Å². The van der Waals surface area contributed by atoms with Crippen molar-refractivity contribution in [3.63, 3.8) is 0 Å². The minimum Gasteiger partial charge on any atom is -0.465 e. The predicted molar refractivity (Wildman–Crippen MR) is 93.7 cm³/mol. The van der Waals surface area contributed by atoms with Gasteiger partial charge in [-0.15, -0.1) is 0 Å². The summed E-state index contributed by atoms with van der Waals surface area (Å²) in [5.41, 5.74) is 2.28. The van der Waals surface area contributed by atoms with Crippen molar-refractivity contribution in [2.24, 2.45) is 0 Å². The van der Waals surface area contributed by atoms with E-state index in [0.29, 0.717) is 13.2 Å². The molecule has 0 radical (unpaired) electrons. The third kappa shape index (κ3) is 4.58. The quantitative estimate of drug-likeness (QED) is 0.722. The molecule has 0 aliphatic heterocycles. The molecule has 1 aromatic heterocycles. The number of H-pyrrole nitrogens is 1. The Kier molecular flexibility index (Phi) is 6.37. The number of nitrogens with one attached hydrogen (secondary N) is 2. The summed E-state index contributed by atoms with van der Waals surface area (Å²) in [6, 6.07) is 7.70. The molecule has 1 aromatic carbocycles. The van der Waals surface area contributed by atoms with Gasteiger partial charge in [-0.2, -0.15) is 0 Å². The lowest BCUT2D eigenvalue weighted by atomic mass is 10.1. The topological polar surface area (TPSA) is 74.4 Å². The zero-order chi connectivity index (χ0) is 17.5. The van der Waals surface area contributed by atoms with E-state index in [0.717, 1.165) is 11.9 Å². The second kappa shape index (κ2) is 8.49. The molecule has 6 nitrogen and oxygen atoms in total. The summed E-state index contributed by atoms with van der Waals surface area (Å²) in [7, 11) is 1.74. The summed E-state index contributed by atoms with van der Waals surface area (Å²) in [6.07, 6.45) is 2.73. The van der Waals surface area contributed by atoms with E-state index in [1.165, 1.54) is 10.9 Å². The Morgan fingerprint density at radius 1 is 1.33 bits per heavy atom. The zero-order valence-corrected chi connectivity index (χ0v) is 14.5. The first-order valence-corrected chi connectivity index (χ1v) is 8.21. The summed E-state index contributed by atoms with van der Waals surface area (Å²) < 4.78 is 4.90. The fourth-order valence-corrected chi connectivity index (χ4v) is 2.55. The second-order valence-electron chi connectivity index (χ2n) is 5.80. The van der Waals surface area contributed by atoms with Crippen LogP contribution in [-0.4, -0.2) is 54.5 Å². The number of amides is 1. The maximum absolute atomic E-state index is 12.2. The molecule has 6 heteroatoms. The first-order valence-electron chi connectivity index (χ1n) is 8.21. The number of hydrogen-bond acceptors (Lipinski definition) is 4. The minimum absolute atomic E-state index is 0.0957. The van der Waals surface area contributed by atoms with E-state index in [4.69, 9.17) is 4.74 Å². The molecule has 0 bridgehead atoms. The van der Waals surface area contributed by atoms with Crippen LogP contribution in [0.15, 0.2) is 30.5 Å². The van der Waals surface area contributed by atoms with Gasteiger partial charge < -0.3 is 15.0 Å². The van der Waals surface area contributed by atoms with E-state index in [-0.39, 0.29) is 18.4 Å². The van der Waals surface area contributed by atoms with Gasteiger partial charge >= 0.3 is 5.97 Å². The van der Waals surface area contributed by atoms with Crippen LogP contribution in [0.2, 0.25) is 0 Å². The number of benzene rings is 1. The van der Waals surface area contributed by atoms with Crippen LogP contribution < -0.4 is 5.32 Å². The monoisotopic (exact) mass is 331 g/mol.